The maximum Gasteiger partial charge on any atom is 0.321 e. The third-order valence-electron chi connectivity index (χ3n) is 4.36. The van der Waals surface area contributed by atoms with Crippen molar-refractivity contribution in [1.29, 1.82) is 0 Å². The molecule has 0 bridgehead atoms. The summed E-state index contributed by atoms with van der Waals surface area (Å²) in [4.78, 5) is 14.3. The zero-order chi connectivity index (χ0) is 18.6. The molecule has 1 aliphatic rings. The van der Waals surface area contributed by atoms with Gasteiger partial charge in [0.05, 0.1) is 16.8 Å². The molecule has 26 heavy (non-hydrogen) atoms. The van der Waals surface area contributed by atoms with Gasteiger partial charge in [0.2, 0.25) is 0 Å². The molecule has 0 saturated carbocycles. The highest BCUT2D eigenvalue weighted by Crippen LogP contribution is 2.24. The topological polar surface area (TPSA) is 75.7 Å². The summed E-state index contributed by atoms with van der Waals surface area (Å²) >= 11 is 0. The zero-order valence-corrected chi connectivity index (χ0v) is 15.4. The third kappa shape index (κ3) is 3.99. The number of hydrogen-bond acceptors (Lipinski definition) is 4. The standard InChI is InChI=1S/C19H22N2O4S/c1-2-25-16-10-8-15(9-11-16)20-19(22)21-13-12-18(14-21)26(23,24)17-6-4-3-5-7-17/h3-11,18H,2,12-14H2,1H3,(H,20,22)/t18-/m0/s1. The Morgan fingerprint density at radius 1 is 1.15 bits per heavy atom. The van der Waals surface area contributed by atoms with Crippen LogP contribution in [0.3, 0.4) is 0 Å². The molecule has 0 aliphatic carbocycles. The molecular formula is C19H22N2O4S. The molecule has 2 aromatic rings. The molecule has 3 rings (SSSR count). The highest BCUT2D eigenvalue weighted by atomic mass is 32.2. The Morgan fingerprint density at radius 2 is 1.85 bits per heavy atom. The minimum absolute atomic E-state index is 0.195. The lowest BCUT2D eigenvalue weighted by Gasteiger charge is -2.18. The Balaban J connectivity index is 1.62. The van der Waals surface area contributed by atoms with E-state index in [-0.39, 0.29) is 12.6 Å². The molecule has 0 spiro atoms. The Labute approximate surface area is 153 Å². The summed E-state index contributed by atoms with van der Waals surface area (Å²) in [5.74, 6) is 0.737. The normalized spacial score (nSPS) is 17.1. The summed E-state index contributed by atoms with van der Waals surface area (Å²) in [6, 6.07) is 15.2. The number of anilines is 1. The molecule has 0 radical (unpaired) electrons. The van der Waals surface area contributed by atoms with Crippen LogP contribution < -0.4 is 10.1 Å². The molecule has 2 aromatic carbocycles. The molecular weight excluding hydrogens is 352 g/mol. The van der Waals surface area contributed by atoms with Crippen molar-refractivity contribution in [1.82, 2.24) is 4.90 Å². The fourth-order valence-corrected chi connectivity index (χ4v) is 4.69. The van der Waals surface area contributed by atoms with Gasteiger partial charge in [0.15, 0.2) is 9.84 Å². The van der Waals surface area contributed by atoms with E-state index in [1.54, 1.807) is 59.5 Å². The van der Waals surface area contributed by atoms with Crippen molar-refractivity contribution in [2.45, 2.75) is 23.5 Å². The quantitative estimate of drug-likeness (QED) is 0.872. The smallest absolute Gasteiger partial charge is 0.321 e. The van der Waals surface area contributed by atoms with Gasteiger partial charge in [-0.15, -0.1) is 0 Å². The molecule has 1 fully saturated rings. The number of urea groups is 1. The fourth-order valence-electron chi connectivity index (χ4n) is 2.97. The largest absolute Gasteiger partial charge is 0.494 e. The number of nitrogens with one attached hydrogen (secondary N) is 1. The second-order valence-corrected chi connectivity index (χ2v) is 8.33. The van der Waals surface area contributed by atoms with Crippen LogP contribution in [0.4, 0.5) is 10.5 Å². The van der Waals surface area contributed by atoms with Crippen molar-refractivity contribution in [3.63, 3.8) is 0 Å². The summed E-state index contributed by atoms with van der Waals surface area (Å²) in [5, 5.41) is 2.23. The number of rotatable bonds is 5. The number of nitrogens with zero attached hydrogens (tertiary/aromatic N) is 1. The van der Waals surface area contributed by atoms with Crippen molar-refractivity contribution >= 4 is 21.6 Å². The SMILES string of the molecule is CCOc1ccc(NC(=O)N2CC[C@H](S(=O)(=O)c3ccccc3)C2)cc1. The molecule has 6 nitrogen and oxygen atoms in total. The molecule has 1 saturated heterocycles. The Kier molecular flexibility index (Phi) is 5.46. The fraction of sp³-hybridized carbons (Fsp3) is 0.316. The maximum atomic E-state index is 12.7. The number of likely N-dealkylation sites (tertiary alicyclic amines) is 1. The first kappa shape index (κ1) is 18.3. The van der Waals surface area contributed by atoms with Gasteiger partial charge in [-0.25, -0.2) is 13.2 Å². The van der Waals surface area contributed by atoms with Crippen LogP contribution in [0.25, 0.3) is 0 Å². The summed E-state index contributed by atoms with van der Waals surface area (Å²) in [7, 11) is -3.43. The van der Waals surface area contributed by atoms with Gasteiger partial charge in [-0.3, -0.25) is 0 Å². The van der Waals surface area contributed by atoms with E-state index in [1.165, 1.54) is 0 Å². The number of carbonyl (C=O) groups excluding carboxylic acids is 1. The van der Waals surface area contributed by atoms with E-state index in [0.29, 0.717) is 30.2 Å². The third-order valence-corrected chi connectivity index (χ3v) is 6.55. The molecule has 7 heteroatoms. The van der Waals surface area contributed by atoms with Gasteiger partial charge in [0.25, 0.3) is 0 Å². The van der Waals surface area contributed by atoms with Crippen LogP contribution >= 0.6 is 0 Å². The van der Waals surface area contributed by atoms with E-state index < -0.39 is 15.1 Å². The molecule has 0 aromatic heterocycles. The lowest BCUT2D eigenvalue weighted by atomic mass is 10.3. The second kappa shape index (κ2) is 7.78. The van der Waals surface area contributed by atoms with Crippen molar-refractivity contribution in [2.75, 3.05) is 25.0 Å². The van der Waals surface area contributed by atoms with E-state index in [2.05, 4.69) is 5.32 Å². The number of amides is 2. The van der Waals surface area contributed by atoms with Crippen LogP contribution in [0.1, 0.15) is 13.3 Å². The van der Waals surface area contributed by atoms with Gasteiger partial charge in [-0.05, 0) is 49.7 Å². The summed E-state index contributed by atoms with van der Waals surface area (Å²) in [5.41, 5.74) is 0.646. The monoisotopic (exact) mass is 374 g/mol. The van der Waals surface area contributed by atoms with Crippen LogP contribution in [-0.4, -0.2) is 44.3 Å². The highest BCUT2D eigenvalue weighted by molar-refractivity contribution is 7.92. The first-order valence-corrected chi connectivity index (χ1v) is 10.1. The van der Waals surface area contributed by atoms with Gasteiger partial charge in [0, 0.05) is 18.8 Å². The molecule has 138 valence electrons. The predicted octanol–water partition coefficient (Wildman–Crippen LogP) is 3.17. The predicted molar refractivity (Wildman–Crippen MR) is 100 cm³/mol. The molecule has 1 aliphatic heterocycles. The number of ether oxygens (including phenoxy) is 1. The van der Waals surface area contributed by atoms with Crippen LogP contribution in [0.5, 0.6) is 5.75 Å². The van der Waals surface area contributed by atoms with Crippen LogP contribution in [0, 0.1) is 0 Å². The van der Waals surface area contributed by atoms with E-state index in [4.69, 9.17) is 4.74 Å². The summed E-state index contributed by atoms with van der Waals surface area (Å²) in [6.07, 6.45) is 0.438. The van der Waals surface area contributed by atoms with Gasteiger partial charge in [-0.2, -0.15) is 0 Å². The van der Waals surface area contributed by atoms with E-state index >= 15 is 0 Å². The van der Waals surface area contributed by atoms with Crippen molar-refractivity contribution in [3.8, 4) is 5.75 Å². The molecule has 2 amide bonds. The average molecular weight is 374 g/mol. The van der Waals surface area contributed by atoms with Gasteiger partial charge in [-0.1, -0.05) is 18.2 Å². The lowest BCUT2D eigenvalue weighted by molar-refractivity contribution is 0.222. The van der Waals surface area contributed by atoms with Crippen molar-refractivity contribution < 1.29 is 17.9 Å². The minimum atomic E-state index is -3.43. The molecule has 1 N–H and O–H groups in total. The lowest BCUT2D eigenvalue weighted by Crippen LogP contribution is -2.35. The van der Waals surface area contributed by atoms with Crippen LogP contribution in [-0.2, 0) is 9.84 Å². The minimum Gasteiger partial charge on any atom is -0.494 e. The summed E-state index contributed by atoms with van der Waals surface area (Å²) in [6.45, 7) is 3.10. The van der Waals surface area contributed by atoms with Gasteiger partial charge < -0.3 is 15.0 Å². The zero-order valence-electron chi connectivity index (χ0n) is 14.6. The maximum absolute atomic E-state index is 12.7. The van der Waals surface area contributed by atoms with E-state index in [0.717, 1.165) is 5.75 Å². The number of carbonyl (C=O) groups is 1. The van der Waals surface area contributed by atoms with Gasteiger partial charge >= 0.3 is 6.03 Å². The van der Waals surface area contributed by atoms with Crippen LogP contribution in [0.2, 0.25) is 0 Å². The Bertz CT molecular complexity index is 851. The highest BCUT2D eigenvalue weighted by Gasteiger charge is 2.36. The van der Waals surface area contributed by atoms with E-state index in [1.807, 2.05) is 6.92 Å². The average Bonchev–Trinajstić information content (AvgIpc) is 3.15. The van der Waals surface area contributed by atoms with Crippen molar-refractivity contribution in [3.05, 3.63) is 54.6 Å². The first-order chi connectivity index (χ1) is 12.5. The Morgan fingerprint density at radius 3 is 2.50 bits per heavy atom. The number of sulfone groups is 1. The number of hydrogen-bond donors (Lipinski definition) is 1. The first-order valence-electron chi connectivity index (χ1n) is 8.58. The number of benzene rings is 2. The second-order valence-electron chi connectivity index (χ2n) is 6.10. The van der Waals surface area contributed by atoms with E-state index in [9.17, 15) is 13.2 Å². The molecule has 1 heterocycles. The molecule has 0 unspecified atom stereocenters. The van der Waals surface area contributed by atoms with Crippen molar-refractivity contribution in [2.24, 2.45) is 0 Å². The molecule has 1 atom stereocenters. The van der Waals surface area contributed by atoms with Gasteiger partial charge in [0.1, 0.15) is 5.75 Å². The Hall–Kier alpha value is -2.54. The van der Waals surface area contributed by atoms with Crippen LogP contribution in [0.15, 0.2) is 59.5 Å². The summed E-state index contributed by atoms with van der Waals surface area (Å²) < 4.78 is 30.7.